The number of aromatic nitrogens is 2. The van der Waals surface area contributed by atoms with E-state index >= 15 is 0 Å². The van der Waals surface area contributed by atoms with E-state index < -0.39 is 29.7 Å². The molecule has 4 aliphatic rings. The molecule has 2 aliphatic heterocycles. The van der Waals surface area contributed by atoms with Crippen LogP contribution in [0.4, 0.5) is 4.79 Å². The van der Waals surface area contributed by atoms with E-state index in [1.165, 1.54) is 6.92 Å². The molecule has 2 amide bonds. The quantitative estimate of drug-likeness (QED) is 0.462. The largest absolute Gasteiger partial charge is 0.497 e. The Morgan fingerprint density at radius 1 is 1.07 bits per heavy atom. The van der Waals surface area contributed by atoms with Crippen LogP contribution in [-0.2, 0) is 19.7 Å². The Morgan fingerprint density at radius 3 is 2.51 bits per heavy atom. The smallest absolute Gasteiger partial charge is 0.408 e. The van der Waals surface area contributed by atoms with E-state index in [1.54, 1.807) is 12.0 Å². The van der Waals surface area contributed by atoms with Gasteiger partial charge in [0.25, 0.3) is 0 Å². The average molecular weight is 621 g/mol. The molecule has 3 heterocycles. The summed E-state index contributed by atoms with van der Waals surface area (Å²) in [4.78, 5) is 52.4. The average Bonchev–Trinajstić information content (AvgIpc) is 3.90. The highest BCUT2D eigenvalue weighted by Crippen LogP contribution is 2.54. The van der Waals surface area contributed by atoms with Crippen molar-refractivity contribution in [1.82, 2.24) is 20.2 Å². The molecule has 45 heavy (non-hydrogen) atoms. The molecular formula is C35H48N4O6. The molecule has 6 rings (SSSR count). The van der Waals surface area contributed by atoms with Gasteiger partial charge in [0.2, 0.25) is 11.8 Å². The van der Waals surface area contributed by atoms with Crippen molar-refractivity contribution in [3.63, 3.8) is 0 Å². The molecule has 1 aromatic carbocycles. The molecular weight excluding hydrogens is 572 g/mol. The van der Waals surface area contributed by atoms with E-state index in [9.17, 15) is 14.4 Å². The number of rotatable bonds is 3. The summed E-state index contributed by atoms with van der Waals surface area (Å²) in [6, 6.07) is 4.15. The Kier molecular flexibility index (Phi) is 8.46. The van der Waals surface area contributed by atoms with E-state index in [2.05, 4.69) is 5.32 Å². The second kappa shape index (κ2) is 12.1. The zero-order chi connectivity index (χ0) is 32.1. The third kappa shape index (κ3) is 6.34. The fourth-order valence-electron chi connectivity index (χ4n) is 7.53. The van der Waals surface area contributed by atoms with Gasteiger partial charge in [0.1, 0.15) is 29.7 Å². The summed E-state index contributed by atoms with van der Waals surface area (Å²) in [7, 11) is 1.63. The fraction of sp³-hybridized carbons (Fsp3) is 0.686. The van der Waals surface area contributed by atoms with E-state index in [1.807, 2.05) is 45.9 Å². The topological polar surface area (TPSA) is 120 Å². The lowest BCUT2D eigenvalue weighted by molar-refractivity contribution is -0.141. The Labute approximate surface area is 266 Å². The number of Topliss-reactive ketones (excluding diaryl/α,β-unsaturated/α-hetero) is 1. The number of fused-ring (bicyclic) bond motifs is 6. The van der Waals surface area contributed by atoms with Crippen molar-refractivity contribution in [3.05, 3.63) is 23.9 Å². The highest BCUT2D eigenvalue weighted by atomic mass is 16.6. The van der Waals surface area contributed by atoms with Crippen molar-refractivity contribution in [3.8, 4) is 11.6 Å². The fourth-order valence-corrected chi connectivity index (χ4v) is 7.53. The molecule has 10 nitrogen and oxygen atoms in total. The molecule has 2 bridgehead atoms. The SMILES string of the molecule is CC[C@@H]1[C@@H]2CN(C(=O)[C@H](C(C)(C)C)NC(=O)O[C@@H]3C[C@H]3CCCCCC3(CC3)c3nc4ccc(OC)cc4nc3O2)[C@@H]1C(C)=O. The highest BCUT2D eigenvalue weighted by molar-refractivity contribution is 5.92. The molecule has 2 saturated carbocycles. The molecule has 1 spiro atoms. The number of hydrogen-bond acceptors (Lipinski definition) is 8. The Morgan fingerprint density at radius 2 is 1.84 bits per heavy atom. The first-order valence-electron chi connectivity index (χ1n) is 16.7. The summed E-state index contributed by atoms with van der Waals surface area (Å²) in [6.07, 6.45) is 7.68. The summed E-state index contributed by atoms with van der Waals surface area (Å²) in [5.41, 5.74) is 1.65. The van der Waals surface area contributed by atoms with Crippen molar-refractivity contribution in [1.29, 1.82) is 0 Å². The molecule has 1 saturated heterocycles. The number of nitrogens with one attached hydrogen (secondary N) is 1. The van der Waals surface area contributed by atoms with Crippen molar-refractivity contribution in [2.45, 2.75) is 122 Å². The van der Waals surface area contributed by atoms with Crippen LogP contribution in [0.5, 0.6) is 11.6 Å². The zero-order valence-corrected chi connectivity index (χ0v) is 27.6. The predicted molar refractivity (Wildman–Crippen MR) is 169 cm³/mol. The summed E-state index contributed by atoms with van der Waals surface area (Å²) in [5.74, 6) is 0.887. The van der Waals surface area contributed by atoms with Crippen molar-refractivity contribution >= 4 is 28.8 Å². The molecule has 244 valence electrons. The molecule has 1 aromatic heterocycles. The molecule has 0 unspecified atom stereocenters. The maximum absolute atomic E-state index is 14.3. The number of methoxy groups -OCH3 is 1. The van der Waals surface area contributed by atoms with Crippen molar-refractivity contribution < 1.29 is 28.6 Å². The third-order valence-electron chi connectivity index (χ3n) is 10.4. The number of carbonyl (C=O) groups excluding carboxylic acids is 3. The van der Waals surface area contributed by atoms with Crippen LogP contribution in [0.1, 0.15) is 98.1 Å². The van der Waals surface area contributed by atoms with E-state index in [0.29, 0.717) is 29.5 Å². The second-order valence-electron chi connectivity index (χ2n) is 14.8. The van der Waals surface area contributed by atoms with E-state index in [-0.39, 0.29) is 35.7 Å². The van der Waals surface area contributed by atoms with Crippen LogP contribution in [-0.4, -0.2) is 70.6 Å². The lowest BCUT2D eigenvalue weighted by atomic mass is 9.85. The first-order valence-corrected chi connectivity index (χ1v) is 16.7. The van der Waals surface area contributed by atoms with Gasteiger partial charge in [0.15, 0.2) is 5.78 Å². The van der Waals surface area contributed by atoms with Crippen LogP contribution >= 0.6 is 0 Å². The summed E-state index contributed by atoms with van der Waals surface area (Å²) < 4.78 is 18.1. The van der Waals surface area contributed by atoms with Crippen LogP contribution in [0.2, 0.25) is 0 Å². The van der Waals surface area contributed by atoms with Crippen LogP contribution < -0.4 is 14.8 Å². The molecule has 2 aromatic rings. The van der Waals surface area contributed by atoms with Crippen molar-refractivity contribution in [2.24, 2.45) is 17.3 Å². The minimum Gasteiger partial charge on any atom is -0.497 e. The van der Waals surface area contributed by atoms with Gasteiger partial charge < -0.3 is 24.4 Å². The van der Waals surface area contributed by atoms with Gasteiger partial charge in [-0.15, -0.1) is 0 Å². The normalized spacial score (nSPS) is 30.1. The van der Waals surface area contributed by atoms with Gasteiger partial charge in [-0.3, -0.25) is 9.59 Å². The lowest BCUT2D eigenvalue weighted by Crippen LogP contribution is -2.57. The van der Waals surface area contributed by atoms with Gasteiger partial charge in [-0.05, 0) is 68.9 Å². The molecule has 1 N–H and O–H groups in total. The maximum atomic E-state index is 14.3. The van der Waals surface area contributed by atoms with Gasteiger partial charge in [0, 0.05) is 17.4 Å². The number of carbonyl (C=O) groups is 3. The number of alkyl carbamates (subject to hydrolysis) is 1. The second-order valence-corrected chi connectivity index (χ2v) is 14.8. The number of benzene rings is 1. The number of ether oxygens (including phenoxy) is 3. The minimum atomic E-state index is -0.874. The van der Waals surface area contributed by atoms with Gasteiger partial charge >= 0.3 is 6.09 Å². The number of ketones is 1. The van der Waals surface area contributed by atoms with Crippen LogP contribution in [0, 0.1) is 17.3 Å². The molecule has 6 atom stereocenters. The highest BCUT2D eigenvalue weighted by Gasteiger charge is 2.52. The van der Waals surface area contributed by atoms with Gasteiger partial charge in [-0.1, -0.05) is 47.0 Å². The van der Waals surface area contributed by atoms with E-state index in [4.69, 9.17) is 24.2 Å². The lowest BCUT2D eigenvalue weighted by Gasteiger charge is -2.35. The Balaban J connectivity index is 1.40. The van der Waals surface area contributed by atoms with Gasteiger partial charge in [0.05, 0.1) is 30.7 Å². The van der Waals surface area contributed by atoms with Crippen molar-refractivity contribution in [2.75, 3.05) is 13.7 Å². The van der Waals surface area contributed by atoms with Gasteiger partial charge in [-0.2, -0.15) is 0 Å². The summed E-state index contributed by atoms with van der Waals surface area (Å²) in [5, 5.41) is 2.88. The maximum Gasteiger partial charge on any atom is 0.408 e. The van der Waals surface area contributed by atoms with Crippen LogP contribution in [0.3, 0.4) is 0 Å². The van der Waals surface area contributed by atoms with Crippen LogP contribution in [0.25, 0.3) is 11.0 Å². The molecule has 3 fully saturated rings. The summed E-state index contributed by atoms with van der Waals surface area (Å²) >= 11 is 0. The number of amides is 2. The summed E-state index contributed by atoms with van der Waals surface area (Å²) in [6.45, 7) is 9.50. The molecule has 10 heteroatoms. The molecule has 2 aliphatic carbocycles. The Hall–Kier alpha value is -3.43. The van der Waals surface area contributed by atoms with Crippen LogP contribution in [0.15, 0.2) is 18.2 Å². The predicted octanol–water partition coefficient (Wildman–Crippen LogP) is 5.74. The monoisotopic (exact) mass is 620 g/mol. The third-order valence-corrected chi connectivity index (χ3v) is 10.4. The number of nitrogens with zero attached hydrogens (tertiary/aromatic N) is 3. The zero-order valence-electron chi connectivity index (χ0n) is 27.6. The van der Waals surface area contributed by atoms with E-state index in [0.717, 1.165) is 62.6 Å². The first kappa shape index (κ1) is 31.5. The molecule has 0 radical (unpaired) electrons. The first-order chi connectivity index (χ1) is 21.4. The number of hydrogen-bond donors (Lipinski definition) is 1. The van der Waals surface area contributed by atoms with Gasteiger partial charge in [-0.25, -0.2) is 14.8 Å². The minimum absolute atomic E-state index is 0.0892. The Bertz CT molecular complexity index is 1470. The standard InChI is InChI=1S/C35H48N4O6/c1-7-23-27-19-39(28(23)20(2)40)32(41)30(34(3,4)5)38-33(42)45-26-17-21(26)11-9-8-10-14-35(15-16-35)29-31(44-27)37-25-18-22(43-6)12-13-24(25)36-29/h12-13,18,21,23,26-28,30H,7-11,14-17,19H2,1-6H3,(H,38,42)/t21-,23-,26-,27+,28-,30-/m1/s1.